The van der Waals surface area contributed by atoms with Crippen molar-refractivity contribution in [3.05, 3.63) is 23.8 Å². The molecule has 0 spiro atoms. The van der Waals surface area contributed by atoms with Crippen LogP contribution in [0.2, 0.25) is 0 Å². The van der Waals surface area contributed by atoms with E-state index in [4.69, 9.17) is 9.47 Å². The van der Waals surface area contributed by atoms with Crippen LogP contribution in [0.5, 0.6) is 0 Å². The monoisotopic (exact) mass is 362 g/mol. The quantitative estimate of drug-likeness (QED) is 0.765. The van der Waals surface area contributed by atoms with Gasteiger partial charge in [-0.1, -0.05) is 0 Å². The van der Waals surface area contributed by atoms with Crippen LogP contribution in [-0.2, 0) is 14.3 Å². The number of likely N-dealkylation sites (tertiary alicyclic amines) is 1. The topological polar surface area (TPSA) is 84.9 Å². The molecule has 1 aromatic heterocycles. The molecule has 0 N–H and O–H groups in total. The van der Waals surface area contributed by atoms with Gasteiger partial charge in [-0.25, -0.2) is 9.97 Å². The van der Waals surface area contributed by atoms with Crippen molar-refractivity contribution in [2.75, 3.05) is 40.0 Å². The summed E-state index contributed by atoms with van der Waals surface area (Å²) in [6, 6.07) is 0.158. The minimum absolute atomic E-state index is 0.0102. The maximum Gasteiger partial charge on any atom is 0.257 e. The van der Waals surface area contributed by atoms with Crippen molar-refractivity contribution in [3.8, 4) is 0 Å². The van der Waals surface area contributed by atoms with Crippen LogP contribution in [-0.4, -0.2) is 83.7 Å². The van der Waals surface area contributed by atoms with E-state index in [1.54, 1.807) is 24.2 Å². The van der Waals surface area contributed by atoms with Gasteiger partial charge in [0.2, 0.25) is 5.91 Å². The molecule has 2 aliphatic rings. The van der Waals surface area contributed by atoms with Crippen LogP contribution in [0.1, 0.15) is 35.4 Å². The van der Waals surface area contributed by atoms with Crippen molar-refractivity contribution in [3.63, 3.8) is 0 Å². The van der Waals surface area contributed by atoms with Crippen molar-refractivity contribution in [1.82, 2.24) is 19.8 Å². The van der Waals surface area contributed by atoms with E-state index in [9.17, 15) is 9.59 Å². The van der Waals surface area contributed by atoms with Crippen molar-refractivity contribution >= 4 is 11.8 Å². The number of methoxy groups -OCH3 is 1. The first-order valence-electron chi connectivity index (χ1n) is 9.06. The predicted molar refractivity (Wildman–Crippen MR) is 93.6 cm³/mol. The molecule has 0 aromatic carbocycles. The number of nitrogens with zero attached hydrogens (tertiary/aromatic N) is 4. The average molecular weight is 362 g/mol. The Labute approximate surface area is 153 Å². The number of ether oxygens (including phenoxy) is 2. The molecule has 8 heteroatoms. The van der Waals surface area contributed by atoms with E-state index in [0.29, 0.717) is 37.7 Å². The summed E-state index contributed by atoms with van der Waals surface area (Å²) in [7, 11) is 1.53. The molecule has 142 valence electrons. The lowest BCUT2D eigenvalue weighted by Crippen LogP contribution is -2.51. The number of rotatable bonds is 5. The lowest BCUT2D eigenvalue weighted by atomic mass is 10.0. The molecular formula is C18H26N4O4. The van der Waals surface area contributed by atoms with Gasteiger partial charge in [0.25, 0.3) is 5.91 Å². The van der Waals surface area contributed by atoms with Gasteiger partial charge in [0, 0.05) is 51.8 Å². The Morgan fingerprint density at radius 1 is 1.23 bits per heavy atom. The van der Waals surface area contributed by atoms with Gasteiger partial charge in [0.15, 0.2) is 0 Å². The highest BCUT2D eigenvalue weighted by molar-refractivity contribution is 5.93. The number of amides is 2. The van der Waals surface area contributed by atoms with Crippen LogP contribution < -0.4 is 0 Å². The third-order valence-corrected chi connectivity index (χ3v) is 5.01. The van der Waals surface area contributed by atoms with Crippen LogP contribution in [0, 0.1) is 6.92 Å². The molecule has 0 radical (unpaired) electrons. The first-order valence-corrected chi connectivity index (χ1v) is 9.06. The highest BCUT2D eigenvalue weighted by Gasteiger charge is 2.37. The maximum atomic E-state index is 12.7. The molecule has 0 aliphatic carbocycles. The van der Waals surface area contributed by atoms with Gasteiger partial charge >= 0.3 is 0 Å². The zero-order chi connectivity index (χ0) is 18.5. The fourth-order valence-corrected chi connectivity index (χ4v) is 3.71. The van der Waals surface area contributed by atoms with Crippen LogP contribution in [0.15, 0.2) is 12.4 Å². The Morgan fingerprint density at radius 2 is 1.92 bits per heavy atom. The molecule has 2 aliphatic heterocycles. The third kappa shape index (κ3) is 4.19. The summed E-state index contributed by atoms with van der Waals surface area (Å²) >= 11 is 0. The Hall–Kier alpha value is -2.06. The molecule has 2 amide bonds. The lowest BCUT2D eigenvalue weighted by Gasteiger charge is -2.38. The second-order valence-corrected chi connectivity index (χ2v) is 6.79. The zero-order valence-corrected chi connectivity index (χ0v) is 15.4. The standard InChI is InChI=1S/C18H26N4O4/c1-13-19-9-14(10-20-13)18(24)21-6-3-16(11-21)22(17(23)12-25-2)15-4-7-26-8-5-15/h9-10,15-16H,3-8,11-12H2,1-2H3. The molecule has 1 unspecified atom stereocenters. The number of hydrogen-bond donors (Lipinski definition) is 0. The fourth-order valence-electron chi connectivity index (χ4n) is 3.71. The van der Waals surface area contributed by atoms with Gasteiger partial charge in [-0.3, -0.25) is 9.59 Å². The largest absolute Gasteiger partial charge is 0.381 e. The first-order chi connectivity index (χ1) is 12.6. The van der Waals surface area contributed by atoms with E-state index in [1.807, 2.05) is 4.90 Å². The smallest absolute Gasteiger partial charge is 0.257 e. The van der Waals surface area contributed by atoms with Crippen LogP contribution >= 0.6 is 0 Å². The molecule has 26 heavy (non-hydrogen) atoms. The second-order valence-electron chi connectivity index (χ2n) is 6.79. The molecule has 8 nitrogen and oxygen atoms in total. The predicted octanol–water partition coefficient (Wildman–Crippen LogP) is 0.654. The Balaban J connectivity index is 1.69. The highest BCUT2D eigenvalue weighted by Crippen LogP contribution is 2.24. The first kappa shape index (κ1) is 18.7. The summed E-state index contributed by atoms with van der Waals surface area (Å²) in [6.45, 7) is 4.33. The molecule has 1 aromatic rings. The minimum atomic E-state index is -0.0846. The van der Waals surface area contributed by atoms with Gasteiger partial charge < -0.3 is 19.3 Å². The van der Waals surface area contributed by atoms with Gasteiger partial charge in [0.1, 0.15) is 12.4 Å². The third-order valence-electron chi connectivity index (χ3n) is 5.01. The SMILES string of the molecule is COCC(=O)N(C1CCOCC1)C1CCN(C(=O)c2cnc(C)nc2)C1. The van der Waals surface area contributed by atoms with E-state index in [0.717, 1.165) is 19.3 Å². The number of carbonyl (C=O) groups excluding carboxylic acids is 2. The van der Waals surface area contributed by atoms with Gasteiger partial charge in [-0.15, -0.1) is 0 Å². The van der Waals surface area contributed by atoms with Crippen LogP contribution in [0.3, 0.4) is 0 Å². The average Bonchev–Trinajstić information content (AvgIpc) is 3.13. The van der Waals surface area contributed by atoms with Crippen molar-refractivity contribution < 1.29 is 19.1 Å². The van der Waals surface area contributed by atoms with E-state index in [1.165, 1.54) is 7.11 Å². The Morgan fingerprint density at radius 3 is 2.58 bits per heavy atom. The number of aromatic nitrogens is 2. The summed E-state index contributed by atoms with van der Waals surface area (Å²) in [5, 5.41) is 0. The van der Waals surface area contributed by atoms with E-state index >= 15 is 0 Å². The molecule has 1 atom stereocenters. The van der Waals surface area contributed by atoms with Crippen molar-refractivity contribution in [2.24, 2.45) is 0 Å². The summed E-state index contributed by atoms with van der Waals surface area (Å²) in [5.41, 5.74) is 0.483. The van der Waals surface area contributed by atoms with Gasteiger partial charge in [-0.05, 0) is 26.2 Å². The van der Waals surface area contributed by atoms with Crippen LogP contribution in [0.4, 0.5) is 0 Å². The highest BCUT2D eigenvalue weighted by atomic mass is 16.5. The number of carbonyl (C=O) groups is 2. The minimum Gasteiger partial charge on any atom is -0.381 e. The number of hydrogen-bond acceptors (Lipinski definition) is 6. The summed E-state index contributed by atoms with van der Waals surface area (Å²) < 4.78 is 10.5. The van der Waals surface area contributed by atoms with E-state index in [-0.39, 0.29) is 30.5 Å². The molecule has 0 bridgehead atoms. The van der Waals surface area contributed by atoms with E-state index < -0.39 is 0 Å². The van der Waals surface area contributed by atoms with Crippen molar-refractivity contribution in [2.45, 2.75) is 38.3 Å². The fraction of sp³-hybridized carbons (Fsp3) is 0.667. The summed E-state index contributed by atoms with van der Waals surface area (Å²) in [5.74, 6) is 0.535. The van der Waals surface area contributed by atoms with Crippen LogP contribution in [0.25, 0.3) is 0 Å². The molecule has 3 heterocycles. The molecular weight excluding hydrogens is 336 g/mol. The van der Waals surface area contributed by atoms with Crippen molar-refractivity contribution in [1.29, 1.82) is 0 Å². The summed E-state index contributed by atoms with van der Waals surface area (Å²) in [4.78, 5) is 37.3. The molecule has 2 saturated heterocycles. The number of aryl methyl sites for hydroxylation is 1. The maximum absolute atomic E-state index is 12.7. The Bertz CT molecular complexity index is 631. The molecule has 0 saturated carbocycles. The molecule has 3 rings (SSSR count). The second kappa shape index (κ2) is 8.55. The van der Waals surface area contributed by atoms with Gasteiger partial charge in [-0.2, -0.15) is 0 Å². The van der Waals surface area contributed by atoms with E-state index in [2.05, 4.69) is 9.97 Å². The normalized spacial score (nSPS) is 21.0. The zero-order valence-electron chi connectivity index (χ0n) is 15.4. The summed E-state index contributed by atoms with van der Waals surface area (Å²) in [6.07, 6.45) is 5.54. The lowest BCUT2D eigenvalue weighted by molar-refractivity contribution is -0.142. The molecule has 2 fully saturated rings. The Kier molecular flexibility index (Phi) is 6.16. The van der Waals surface area contributed by atoms with Gasteiger partial charge in [0.05, 0.1) is 11.6 Å².